The molecule has 2 N–H and O–H groups in total. The van der Waals surface area contributed by atoms with Crippen molar-refractivity contribution in [1.82, 2.24) is 0 Å². The van der Waals surface area contributed by atoms with E-state index in [1.54, 1.807) is 41.8 Å². The maximum absolute atomic E-state index is 13.1. The molecular formula is C21H17NO5S2. The normalized spacial score (nSPS) is 16.2. The van der Waals surface area contributed by atoms with Gasteiger partial charge in [0.25, 0.3) is 0 Å². The summed E-state index contributed by atoms with van der Waals surface area (Å²) in [5.41, 5.74) is 2.20. The van der Waals surface area contributed by atoms with Crippen LogP contribution in [0.15, 0.2) is 63.7 Å². The fourth-order valence-electron chi connectivity index (χ4n) is 3.37. The Bertz CT molecular complexity index is 1210. The van der Waals surface area contributed by atoms with Gasteiger partial charge in [-0.3, -0.25) is 4.79 Å². The summed E-state index contributed by atoms with van der Waals surface area (Å²) >= 11 is 1.28. The van der Waals surface area contributed by atoms with Crippen LogP contribution in [-0.2, 0) is 14.6 Å². The molecule has 4 rings (SSSR count). The maximum atomic E-state index is 13.1. The molecule has 1 aromatic heterocycles. The third-order valence-electron chi connectivity index (χ3n) is 4.94. The molecular weight excluding hydrogens is 410 g/mol. The van der Waals surface area contributed by atoms with Crippen LogP contribution in [0.5, 0.6) is 0 Å². The minimum absolute atomic E-state index is 0.0848. The molecule has 0 radical (unpaired) electrons. The quantitative estimate of drug-likeness (QED) is 0.654. The highest BCUT2D eigenvalue weighted by molar-refractivity contribution is 7.91. The van der Waals surface area contributed by atoms with Gasteiger partial charge < -0.3 is 10.4 Å². The van der Waals surface area contributed by atoms with Gasteiger partial charge in [-0.25, -0.2) is 13.2 Å². The molecule has 148 valence electrons. The summed E-state index contributed by atoms with van der Waals surface area (Å²) in [4.78, 5) is 24.4. The van der Waals surface area contributed by atoms with E-state index >= 15 is 0 Å². The third-order valence-corrected chi connectivity index (χ3v) is 7.98. The maximum Gasteiger partial charge on any atom is 0.335 e. The Hall–Kier alpha value is -2.97. The Morgan fingerprint density at radius 2 is 1.76 bits per heavy atom. The number of thiophene rings is 1. The molecule has 0 unspecified atom stereocenters. The average molecular weight is 428 g/mol. The van der Waals surface area contributed by atoms with Gasteiger partial charge in [-0.1, -0.05) is 29.8 Å². The van der Waals surface area contributed by atoms with E-state index in [1.165, 1.54) is 23.5 Å². The van der Waals surface area contributed by atoms with E-state index < -0.39 is 15.8 Å². The zero-order valence-electron chi connectivity index (χ0n) is 15.4. The lowest BCUT2D eigenvalue weighted by molar-refractivity contribution is -0.116. The molecule has 29 heavy (non-hydrogen) atoms. The number of aromatic carboxylic acids is 1. The number of sulfone groups is 1. The van der Waals surface area contributed by atoms with Gasteiger partial charge in [-0.15, -0.1) is 11.3 Å². The number of carbonyl (C=O) groups excluding carboxylic acids is 1. The van der Waals surface area contributed by atoms with Crippen molar-refractivity contribution in [3.8, 4) is 0 Å². The number of fused-ring (bicyclic) bond motifs is 1. The number of anilines is 1. The van der Waals surface area contributed by atoms with Crippen molar-refractivity contribution in [2.75, 3.05) is 5.32 Å². The van der Waals surface area contributed by atoms with E-state index in [-0.39, 0.29) is 33.6 Å². The first-order valence-electron chi connectivity index (χ1n) is 8.83. The molecule has 8 heteroatoms. The van der Waals surface area contributed by atoms with Crippen molar-refractivity contribution < 1.29 is 23.1 Å². The van der Waals surface area contributed by atoms with E-state index in [1.807, 2.05) is 6.92 Å². The SMILES string of the molecule is Cc1ccc(S(=O)(=O)c2csc3c2NC(=O)C[C@@H]3c2ccc(C(=O)O)cc2)cc1. The predicted octanol–water partition coefficient (Wildman–Crippen LogP) is 4.06. The van der Waals surface area contributed by atoms with Crippen LogP contribution < -0.4 is 5.32 Å². The molecule has 0 bridgehead atoms. The van der Waals surface area contributed by atoms with Crippen molar-refractivity contribution >= 4 is 38.7 Å². The number of benzene rings is 2. The zero-order chi connectivity index (χ0) is 20.8. The third kappa shape index (κ3) is 3.45. The average Bonchev–Trinajstić information content (AvgIpc) is 3.12. The molecule has 2 aromatic carbocycles. The fraction of sp³-hybridized carbons (Fsp3) is 0.143. The van der Waals surface area contributed by atoms with Gasteiger partial charge in [0.1, 0.15) is 4.90 Å². The van der Waals surface area contributed by atoms with E-state index in [4.69, 9.17) is 5.11 Å². The van der Waals surface area contributed by atoms with Gasteiger partial charge in [0, 0.05) is 22.6 Å². The zero-order valence-corrected chi connectivity index (χ0v) is 17.0. The summed E-state index contributed by atoms with van der Waals surface area (Å²) in [5, 5.41) is 13.4. The number of amides is 1. The second kappa shape index (κ2) is 7.13. The van der Waals surface area contributed by atoms with Gasteiger partial charge >= 0.3 is 5.97 Å². The standard InChI is InChI=1S/C21H17NO5S2/c1-12-2-8-15(9-3-12)29(26,27)17-11-28-20-16(10-18(23)22-19(17)20)13-4-6-14(7-5-13)21(24)25/h2-9,11,16H,10H2,1H3,(H,22,23)(H,24,25)/t16-/m1/s1. The molecule has 1 atom stereocenters. The van der Waals surface area contributed by atoms with Crippen LogP contribution in [0.2, 0.25) is 0 Å². The molecule has 1 aliphatic rings. The first-order chi connectivity index (χ1) is 13.8. The highest BCUT2D eigenvalue weighted by Gasteiger charge is 2.34. The van der Waals surface area contributed by atoms with Crippen LogP contribution in [0.4, 0.5) is 5.69 Å². The van der Waals surface area contributed by atoms with Crippen LogP contribution in [-0.4, -0.2) is 25.4 Å². The molecule has 0 saturated carbocycles. The summed E-state index contributed by atoms with van der Waals surface area (Å²) in [6.07, 6.45) is 0.171. The Morgan fingerprint density at radius 1 is 1.10 bits per heavy atom. The fourth-order valence-corrected chi connectivity index (χ4v) is 6.28. The Morgan fingerprint density at radius 3 is 2.38 bits per heavy atom. The Balaban J connectivity index is 1.78. The van der Waals surface area contributed by atoms with Crippen LogP contribution in [0.25, 0.3) is 0 Å². The lowest BCUT2D eigenvalue weighted by Gasteiger charge is -2.24. The largest absolute Gasteiger partial charge is 0.478 e. The van der Waals surface area contributed by atoms with Gasteiger partial charge in [0.05, 0.1) is 16.1 Å². The molecule has 3 aromatic rings. The summed E-state index contributed by atoms with van der Waals surface area (Å²) in [6.45, 7) is 1.88. The van der Waals surface area contributed by atoms with Gasteiger partial charge in [0.2, 0.25) is 15.7 Å². The molecule has 0 saturated heterocycles. The van der Waals surface area contributed by atoms with E-state index in [9.17, 15) is 18.0 Å². The molecule has 6 nitrogen and oxygen atoms in total. The smallest absolute Gasteiger partial charge is 0.335 e. The second-order valence-corrected chi connectivity index (χ2v) is 9.72. The molecule has 1 aliphatic heterocycles. The molecule has 0 fully saturated rings. The number of carboxylic acids is 1. The first-order valence-corrected chi connectivity index (χ1v) is 11.2. The first kappa shape index (κ1) is 19.4. The summed E-state index contributed by atoms with van der Waals surface area (Å²) in [5.74, 6) is -1.63. The lowest BCUT2D eigenvalue weighted by atomic mass is 9.90. The van der Waals surface area contributed by atoms with Crippen LogP contribution in [0, 0.1) is 6.92 Å². The number of carboxylic acid groups (broad SMARTS) is 1. The minimum Gasteiger partial charge on any atom is -0.478 e. The monoisotopic (exact) mass is 427 g/mol. The van der Waals surface area contributed by atoms with Crippen LogP contribution in [0.1, 0.15) is 38.7 Å². The summed E-state index contributed by atoms with van der Waals surface area (Å²) < 4.78 is 26.3. The number of hydrogen-bond acceptors (Lipinski definition) is 5. The lowest BCUT2D eigenvalue weighted by Crippen LogP contribution is -2.23. The molecule has 0 aliphatic carbocycles. The van der Waals surface area contributed by atoms with Crippen molar-refractivity contribution in [2.24, 2.45) is 0 Å². The van der Waals surface area contributed by atoms with Crippen molar-refractivity contribution in [1.29, 1.82) is 0 Å². The Kier molecular flexibility index (Phi) is 4.76. The van der Waals surface area contributed by atoms with E-state index in [0.717, 1.165) is 16.0 Å². The van der Waals surface area contributed by atoms with Crippen molar-refractivity contribution in [3.05, 3.63) is 75.5 Å². The summed E-state index contributed by atoms with van der Waals surface area (Å²) in [7, 11) is -3.78. The van der Waals surface area contributed by atoms with Crippen molar-refractivity contribution in [3.63, 3.8) is 0 Å². The summed E-state index contributed by atoms with van der Waals surface area (Å²) in [6, 6.07) is 12.9. The number of aryl methyl sites for hydroxylation is 1. The van der Waals surface area contributed by atoms with Crippen molar-refractivity contribution in [2.45, 2.75) is 29.1 Å². The van der Waals surface area contributed by atoms with E-state index in [0.29, 0.717) is 5.69 Å². The Labute approximate surface area is 171 Å². The van der Waals surface area contributed by atoms with Gasteiger partial charge in [-0.2, -0.15) is 0 Å². The highest BCUT2D eigenvalue weighted by atomic mass is 32.2. The number of carbonyl (C=O) groups is 2. The number of hydrogen-bond donors (Lipinski definition) is 2. The molecule has 1 amide bonds. The topological polar surface area (TPSA) is 101 Å². The molecule has 2 heterocycles. The van der Waals surface area contributed by atoms with Gasteiger partial charge in [0.15, 0.2) is 0 Å². The highest BCUT2D eigenvalue weighted by Crippen LogP contribution is 2.45. The van der Waals surface area contributed by atoms with Gasteiger partial charge in [-0.05, 0) is 36.8 Å². The minimum atomic E-state index is -3.78. The number of rotatable bonds is 4. The second-order valence-electron chi connectivity index (χ2n) is 6.89. The predicted molar refractivity (Wildman–Crippen MR) is 109 cm³/mol. The molecule has 0 spiro atoms. The van der Waals surface area contributed by atoms with E-state index in [2.05, 4.69) is 5.32 Å². The number of nitrogens with one attached hydrogen (secondary N) is 1. The van der Waals surface area contributed by atoms with Crippen LogP contribution >= 0.6 is 11.3 Å². The van der Waals surface area contributed by atoms with Crippen LogP contribution in [0.3, 0.4) is 0 Å².